The van der Waals surface area contributed by atoms with Crippen molar-refractivity contribution in [3.63, 3.8) is 0 Å². The van der Waals surface area contributed by atoms with E-state index in [1.165, 1.54) is 6.07 Å². The standard InChI is InChI=1S/C15H7N5O2S/c16-7-10-1-3-12-14(5-10)19(9-18-12)11-2-4-13(20(21)22)15(6-11)23-8-17/h1-6,9H. The van der Waals surface area contributed by atoms with Gasteiger partial charge >= 0.3 is 0 Å². The van der Waals surface area contributed by atoms with Crippen molar-refractivity contribution in [2.24, 2.45) is 0 Å². The Kier molecular flexibility index (Phi) is 3.67. The lowest BCUT2D eigenvalue weighted by Crippen LogP contribution is -1.96. The number of imidazole rings is 1. The van der Waals surface area contributed by atoms with Gasteiger partial charge in [-0.1, -0.05) is 0 Å². The molecule has 0 fully saturated rings. The number of hydrogen-bond donors (Lipinski definition) is 0. The number of nitro benzene ring substituents is 1. The van der Waals surface area contributed by atoms with E-state index in [9.17, 15) is 10.1 Å². The van der Waals surface area contributed by atoms with E-state index in [1.807, 2.05) is 5.40 Å². The Balaban J connectivity index is 2.19. The number of nitriles is 2. The summed E-state index contributed by atoms with van der Waals surface area (Å²) in [6, 6.07) is 11.7. The Morgan fingerprint density at radius 1 is 1.22 bits per heavy atom. The minimum atomic E-state index is -0.525. The van der Waals surface area contributed by atoms with E-state index in [4.69, 9.17) is 10.5 Å². The van der Waals surface area contributed by atoms with Gasteiger partial charge in [-0.15, -0.1) is 0 Å². The van der Waals surface area contributed by atoms with Crippen LogP contribution in [0.5, 0.6) is 0 Å². The van der Waals surface area contributed by atoms with Gasteiger partial charge in [-0.25, -0.2) is 4.98 Å². The molecule has 0 aliphatic heterocycles. The van der Waals surface area contributed by atoms with Crippen LogP contribution >= 0.6 is 11.8 Å². The van der Waals surface area contributed by atoms with Crippen molar-refractivity contribution in [3.05, 3.63) is 58.4 Å². The minimum absolute atomic E-state index is 0.123. The SMILES string of the molecule is N#CSc1cc(-n2cnc3ccc(C#N)cc32)ccc1[N+](=O)[O-]. The van der Waals surface area contributed by atoms with Crippen LogP contribution in [0.25, 0.3) is 16.7 Å². The van der Waals surface area contributed by atoms with Crippen LogP contribution in [-0.2, 0) is 0 Å². The zero-order valence-corrected chi connectivity index (χ0v) is 12.3. The van der Waals surface area contributed by atoms with Crippen LogP contribution in [0.15, 0.2) is 47.6 Å². The van der Waals surface area contributed by atoms with Gasteiger partial charge in [0, 0.05) is 11.8 Å². The Hall–Kier alpha value is -3.36. The number of hydrogen-bond acceptors (Lipinski definition) is 6. The summed E-state index contributed by atoms with van der Waals surface area (Å²) in [5.74, 6) is 0. The van der Waals surface area contributed by atoms with Gasteiger partial charge in [0.25, 0.3) is 5.69 Å². The highest BCUT2D eigenvalue weighted by atomic mass is 32.2. The van der Waals surface area contributed by atoms with Gasteiger partial charge in [0.15, 0.2) is 0 Å². The molecule has 3 aromatic rings. The van der Waals surface area contributed by atoms with Gasteiger partial charge in [0.1, 0.15) is 16.6 Å². The number of rotatable bonds is 3. The smallest absolute Gasteiger partial charge is 0.284 e. The molecule has 0 radical (unpaired) electrons. The summed E-state index contributed by atoms with van der Waals surface area (Å²) < 4.78 is 1.72. The molecule has 0 saturated carbocycles. The van der Waals surface area contributed by atoms with Gasteiger partial charge in [0.2, 0.25) is 0 Å². The van der Waals surface area contributed by atoms with E-state index < -0.39 is 4.92 Å². The highest BCUT2D eigenvalue weighted by Gasteiger charge is 2.16. The van der Waals surface area contributed by atoms with Crippen LogP contribution in [0.4, 0.5) is 5.69 Å². The van der Waals surface area contributed by atoms with Crippen LogP contribution in [0.1, 0.15) is 5.56 Å². The lowest BCUT2D eigenvalue weighted by Gasteiger charge is -2.06. The maximum atomic E-state index is 11.0. The molecule has 2 aromatic carbocycles. The number of thioether (sulfide) groups is 1. The van der Waals surface area contributed by atoms with Gasteiger partial charge in [-0.05, 0) is 42.1 Å². The van der Waals surface area contributed by atoms with E-state index in [0.29, 0.717) is 22.3 Å². The third-order valence-corrected chi connectivity index (χ3v) is 3.89. The second kappa shape index (κ2) is 5.79. The normalized spacial score (nSPS) is 10.2. The predicted molar refractivity (Wildman–Crippen MR) is 83.9 cm³/mol. The topological polar surface area (TPSA) is 109 Å². The van der Waals surface area contributed by atoms with Crippen LogP contribution < -0.4 is 0 Å². The molecule has 0 N–H and O–H groups in total. The van der Waals surface area contributed by atoms with E-state index in [0.717, 1.165) is 11.8 Å². The molecule has 0 amide bonds. The molecular formula is C15H7N5O2S. The number of nitrogens with zero attached hydrogens (tertiary/aromatic N) is 5. The molecule has 0 unspecified atom stereocenters. The average Bonchev–Trinajstić information content (AvgIpc) is 2.97. The van der Waals surface area contributed by atoms with Crippen molar-refractivity contribution in [3.8, 4) is 17.2 Å². The molecule has 0 spiro atoms. The number of aromatic nitrogens is 2. The number of benzene rings is 2. The molecule has 23 heavy (non-hydrogen) atoms. The third kappa shape index (κ3) is 2.59. The zero-order valence-electron chi connectivity index (χ0n) is 11.5. The highest BCUT2D eigenvalue weighted by molar-refractivity contribution is 8.03. The second-order valence-electron chi connectivity index (χ2n) is 4.53. The third-order valence-electron chi connectivity index (χ3n) is 3.25. The molecular weight excluding hydrogens is 314 g/mol. The second-order valence-corrected chi connectivity index (χ2v) is 5.36. The first-order chi connectivity index (χ1) is 11.1. The monoisotopic (exact) mass is 321 g/mol. The van der Waals surface area contributed by atoms with Crippen LogP contribution in [0, 0.1) is 32.1 Å². The van der Waals surface area contributed by atoms with E-state index in [-0.39, 0.29) is 10.6 Å². The summed E-state index contributed by atoms with van der Waals surface area (Å²) in [7, 11) is 0. The quantitative estimate of drug-likeness (QED) is 0.316. The zero-order chi connectivity index (χ0) is 16.4. The number of fused-ring (bicyclic) bond motifs is 1. The van der Waals surface area contributed by atoms with Crippen molar-refractivity contribution in [1.82, 2.24) is 9.55 Å². The summed E-state index contributed by atoms with van der Waals surface area (Å²) in [6.45, 7) is 0. The Bertz CT molecular complexity index is 1010. The lowest BCUT2D eigenvalue weighted by atomic mass is 10.2. The molecule has 7 nitrogen and oxygen atoms in total. The van der Waals surface area contributed by atoms with Gasteiger partial charge in [-0.2, -0.15) is 10.5 Å². The Morgan fingerprint density at radius 3 is 2.74 bits per heavy atom. The summed E-state index contributed by atoms with van der Waals surface area (Å²) >= 11 is 0.733. The minimum Gasteiger partial charge on any atom is -0.299 e. The van der Waals surface area contributed by atoms with E-state index in [2.05, 4.69) is 11.1 Å². The predicted octanol–water partition coefficient (Wildman–Crippen LogP) is 3.38. The molecule has 110 valence electrons. The van der Waals surface area contributed by atoms with Crippen molar-refractivity contribution < 1.29 is 4.92 Å². The fourth-order valence-electron chi connectivity index (χ4n) is 2.22. The van der Waals surface area contributed by atoms with Crippen LogP contribution in [0.3, 0.4) is 0 Å². The lowest BCUT2D eigenvalue weighted by molar-refractivity contribution is -0.387. The van der Waals surface area contributed by atoms with Crippen LogP contribution in [-0.4, -0.2) is 14.5 Å². The largest absolute Gasteiger partial charge is 0.299 e. The van der Waals surface area contributed by atoms with Gasteiger partial charge < -0.3 is 0 Å². The molecule has 0 saturated heterocycles. The maximum Gasteiger partial charge on any atom is 0.284 e. The van der Waals surface area contributed by atoms with E-state index >= 15 is 0 Å². The van der Waals surface area contributed by atoms with Gasteiger partial charge in [-0.3, -0.25) is 14.7 Å². The first-order valence-electron chi connectivity index (χ1n) is 6.36. The number of thiocyanates is 1. The van der Waals surface area contributed by atoms with E-state index in [1.54, 1.807) is 41.2 Å². The maximum absolute atomic E-state index is 11.0. The molecule has 3 rings (SSSR count). The molecule has 8 heteroatoms. The summed E-state index contributed by atoms with van der Waals surface area (Å²) in [5, 5.41) is 30.7. The molecule has 0 atom stereocenters. The van der Waals surface area contributed by atoms with Crippen LogP contribution in [0.2, 0.25) is 0 Å². The van der Waals surface area contributed by atoms with Gasteiger partial charge in [0.05, 0.1) is 27.6 Å². The first-order valence-corrected chi connectivity index (χ1v) is 7.17. The Labute approximate surface area is 134 Å². The van der Waals surface area contributed by atoms with Crippen molar-refractivity contribution in [1.29, 1.82) is 10.5 Å². The summed E-state index contributed by atoms with van der Waals surface area (Å²) in [5.41, 5.74) is 2.42. The molecule has 0 aliphatic rings. The molecule has 0 bridgehead atoms. The fourth-order valence-corrected chi connectivity index (χ4v) is 2.74. The highest BCUT2D eigenvalue weighted by Crippen LogP contribution is 2.31. The average molecular weight is 321 g/mol. The molecule has 1 aromatic heterocycles. The van der Waals surface area contributed by atoms with Crippen molar-refractivity contribution in [2.45, 2.75) is 4.90 Å². The summed E-state index contributed by atoms with van der Waals surface area (Å²) in [4.78, 5) is 15.0. The van der Waals surface area contributed by atoms with Crippen molar-refractivity contribution >= 4 is 28.5 Å². The molecule has 0 aliphatic carbocycles. The Morgan fingerprint density at radius 2 is 2.04 bits per heavy atom. The number of nitro groups is 1. The van der Waals surface area contributed by atoms with Crippen molar-refractivity contribution in [2.75, 3.05) is 0 Å². The summed E-state index contributed by atoms with van der Waals surface area (Å²) in [6.07, 6.45) is 1.58. The fraction of sp³-hybridized carbons (Fsp3) is 0. The molecule has 1 heterocycles. The first kappa shape index (κ1) is 14.6.